The summed E-state index contributed by atoms with van der Waals surface area (Å²) >= 11 is 0. The Labute approximate surface area is 99.4 Å². The molecule has 0 saturated carbocycles. The summed E-state index contributed by atoms with van der Waals surface area (Å²) in [5.74, 6) is 0. The SMILES string of the molecule is CNC1CCN(C(C)C2=CCCC=C2)CC1. The second-order valence-electron chi connectivity index (χ2n) is 4.96. The molecule has 1 saturated heterocycles. The Kier molecular flexibility index (Phi) is 4.19. The van der Waals surface area contributed by atoms with E-state index in [2.05, 4.69) is 42.4 Å². The van der Waals surface area contributed by atoms with Crippen molar-refractivity contribution in [3.63, 3.8) is 0 Å². The second-order valence-corrected chi connectivity index (χ2v) is 4.96. The van der Waals surface area contributed by atoms with Gasteiger partial charge in [0.1, 0.15) is 0 Å². The molecular formula is C14H24N2. The normalized spacial score (nSPS) is 25.5. The monoisotopic (exact) mass is 220 g/mol. The van der Waals surface area contributed by atoms with Crippen molar-refractivity contribution in [1.29, 1.82) is 0 Å². The van der Waals surface area contributed by atoms with Crippen molar-refractivity contribution in [2.24, 2.45) is 0 Å². The number of piperidine rings is 1. The van der Waals surface area contributed by atoms with Crippen molar-refractivity contribution in [3.8, 4) is 0 Å². The number of rotatable bonds is 3. The van der Waals surface area contributed by atoms with E-state index >= 15 is 0 Å². The molecule has 90 valence electrons. The molecule has 2 rings (SSSR count). The quantitative estimate of drug-likeness (QED) is 0.785. The van der Waals surface area contributed by atoms with E-state index in [1.807, 2.05) is 0 Å². The third-order valence-electron chi connectivity index (χ3n) is 3.99. The van der Waals surface area contributed by atoms with E-state index in [-0.39, 0.29) is 0 Å². The molecule has 16 heavy (non-hydrogen) atoms. The van der Waals surface area contributed by atoms with Crippen LogP contribution in [-0.2, 0) is 0 Å². The van der Waals surface area contributed by atoms with Crippen LogP contribution in [0, 0.1) is 0 Å². The minimum atomic E-state index is 0.606. The maximum atomic E-state index is 3.39. The number of hydrogen-bond acceptors (Lipinski definition) is 2. The van der Waals surface area contributed by atoms with Gasteiger partial charge in [0.25, 0.3) is 0 Å². The summed E-state index contributed by atoms with van der Waals surface area (Å²) < 4.78 is 0. The van der Waals surface area contributed by atoms with Gasteiger partial charge in [-0.2, -0.15) is 0 Å². The van der Waals surface area contributed by atoms with Gasteiger partial charge in [-0.25, -0.2) is 0 Å². The minimum absolute atomic E-state index is 0.606. The molecule has 2 nitrogen and oxygen atoms in total. The third-order valence-corrected chi connectivity index (χ3v) is 3.99. The van der Waals surface area contributed by atoms with Crippen LogP contribution in [0.3, 0.4) is 0 Å². The van der Waals surface area contributed by atoms with Crippen molar-refractivity contribution in [3.05, 3.63) is 23.8 Å². The summed E-state index contributed by atoms with van der Waals surface area (Å²) in [5, 5.41) is 3.39. The zero-order valence-electron chi connectivity index (χ0n) is 10.6. The first-order valence-electron chi connectivity index (χ1n) is 6.59. The fourth-order valence-electron chi connectivity index (χ4n) is 2.73. The average molecular weight is 220 g/mol. The topological polar surface area (TPSA) is 15.3 Å². The maximum Gasteiger partial charge on any atom is 0.0316 e. The number of hydrogen-bond donors (Lipinski definition) is 1. The Hall–Kier alpha value is -0.600. The van der Waals surface area contributed by atoms with Crippen LogP contribution in [0.4, 0.5) is 0 Å². The van der Waals surface area contributed by atoms with Crippen molar-refractivity contribution >= 4 is 0 Å². The summed E-state index contributed by atoms with van der Waals surface area (Å²) in [4.78, 5) is 2.62. The molecule has 0 aromatic rings. The summed E-state index contributed by atoms with van der Waals surface area (Å²) in [6, 6.07) is 1.34. The van der Waals surface area contributed by atoms with Crippen molar-refractivity contribution in [2.45, 2.75) is 44.7 Å². The van der Waals surface area contributed by atoms with Crippen molar-refractivity contribution < 1.29 is 0 Å². The molecule has 0 amide bonds. The van der Waals surface area contributed by atoms with E-state index in [0.29, 0.717) is 6.04 Å². The predicted molar refractivity (Wildman–Crippen MR) is 69.6 cm³/mol. The molecule has 2 heteroatoms. The van der Waals surface area contributed by atoms with Gasteiger partial charge in [-0.15, -0.1) is 0 Å². The predicted octanol–water partition coefficient (Wildman–Crippen LogP) is 2.34. The van der Waals surface area contributed by atoms with Crippen molar-refractivity contribution in [2.75, 3.05) is 20.1 Å². The Balaban J connectivity index is 1.88. The number of nitrogens with one attached hydrogen (secondary N) is 1. The number of allylic oxidation sites excluding steroid dienone is 2. The molecule has 1 atom stereocenters. The fourth-order valence-corrected chi connectivity index (χ4v) is 2.73. The summed E-state index contributed by atoms with van der Waals surface area (Å²) in [7, 11) is 2.08. The van der Waals surface area contributed by atoms with Crippen LogP contribution in [0.5, 0.6) is 0 Å². The maximum absolute atomic E-state index is 3.39. The lowest BCUT2D eigenvalue weighted by Crippen LogP contribution is -2.45. The van der Waals surface area contributed by atoms with Crippen LogP contribution < -0.4 is 5.32 Å². The first-order chi connectivity index (χ1) is 7.81. The van der Waals surface area contributed by atoms with Gasteiger partial charge in [0, 0.05) is 25.2 Å². The molecule has 1 aliphatic heterocycles. The molecule has 0 spiro atoms. The van der Waals surface area contributed by atoms with Gasteiger partial charge in [-0.05, 0) is 45.2 Å². The number of likely N-dealkylation sites (tertiary alicyclic amines) is 1. The van der Waals surface area contributed by atoms with E-state index in [1.165, 1.54) is 44.3 Å². The Morgan fingerprint density at radius 3 is 2.62 bits per heavy atom. The molecule has 0 bridgehead atoms. The van der Waals surface area contributed by atoms with Crippen LogP contribution >= 0.6 is 0 Å². The lowest BCUT2D eigenvalue weighted by Gasteiger charge is -2.36. The van der Waals surface area contributed by atoms with Gasteiger partial charge in [-0.3, -0.25) is 4.90 Å². The summed E-state index contributed by atoms with van der Waals surface area (Å²) in [6.45, 7) is 4.82. The molecule has 2 aliphatic rings. The van der Waals surface area contributed by atoms with Gasteiger partial charge in [0.05, 0.1) is 0 Å². The summed E-state index contributed by atoms with van der Waals surface area (Å²) in [6.07, 6.45) is 12.1. The highest BCUT2D eigenvalue weighted by atomic mass is 15.2. The zero-order valence-corrected chi connectivity index (χ0v) is 10.6. The van der Waals surface area contributed by atoms with E-state index in [1.54, 1.807) is 0 Å². The van der Waals surface area contributed by atoms with Gasteiger partial charge in [0.2, 0.25) is 0 Å². The molecular weight excluding hydrogens is 196 g/mol. The van der Waals surface area contributed by atoms with Crippen LogP contribution in [0.2, 0.25) is 0 Å². The van der Waals surface area contributed by atoms with Crippen LogP contribution in [0.1, 0.15) is 32.6 Å². The number of nitrogens with zero attached hydrogens (tertiary/aromatic N) is 1. The fraction of sp³-hybridized carbons (Fsp3) is 0.714. The van der Waals surface area contributed by atoms with Crippen LogP contribution in [0.15, 0.2) is 23.8 Å². The first kappa shape index (κ1) is 11.9. The minimum Gasteiger partial charge on any atom is -0.317 e. The Morgan fingerprint density at radius 2 is 2.06 bits per heavy atom. The molecule has 1 heterocycles. The lowest BCUT2D eigenvalue weighted by molar-refractivity contribution is 0.173. The lowest BCUT2D eigenvalue weighted by atomic mass is 9.97. The Morgan fingerprint density at radius 1 is 1.31 bits per heavy atom. The van der Waals surface area contributed by atoms with Gasteiger partial charge in [-0.1, -0.05) is 18.2 Å². The Bertz CT molecular complexity index is 272. The van der Waals surface area contributed by atoms with Gasteiger partial charge >= 0.3 is 0 Å². The average Bonchev–Trinajstić information content (AvgIpc) is 2.39. The molecule has 0 aromatic heterocycles. The van der Waals surface area contributed by atoms with E-state index in [0.717, 1.165) is 6.04 Å². The van der Waals surface area contributed by atoms with Crippen LogP contribution in [0.25, 0.3) is 0 Å². The highest BCUT2D eigenvalue weighted by Gasteiger charge is 2.23. The molecule has 0 aromatic carbocycles. The highest BCUT2D eigenvalue weighted by Crippen LogP contribution is 2.21. The molecule has 1 N–H and O–H groups in total. The molecule has 1 unspecified atom stereocenters. The standard InChI is InChI=1S/C14H24N2/c1-12(13-6-4-3-5-7-13)16-10-8-14(15-2)9-11-16/h4,6-7,12,14-15H,3,5,8-11H2,1-2H3. The van der Waals surface area contributed by atoms with E-state index in [4.69, 9.17) is 0 Å². The van der Waals surface area contributed by atoms with Gasteiger partial charge < -0.3 is 5.32 Å². The smallest absolute Gasteiger partial charge is 0.0316 e. The molecule has 1 aliphatic carbocycles. The summed E-state index contributed by atoms with van der Waals surface area (Å²) in [5.41, 5.74) is 1.52. The van der Waals surface area contributed by atoms with Crippen LogP contribution in [-0.4, -0.2) is 37.1 Å². The molecule has 1 fully saturated rings. The second kappa shape index (κ2) is 5.65. The third kappa shape index (κ3) is 2.74. The first-order valence-corrected chi connectivity index (χ1v) is 6.59. The largest absolute Gasteiger partial charge is 0.317 e. The zero-order chi connectivity index (χ0) is 11.4. The van der Waals surface area contributed by atoms with E-state index < -0.39 is 0 Å². The molecule has 0 radical (unpaired) electrons. The van der Waals surface area contributed by atoms with E-state index in [9.17, 15) is 0 Å². The van der Waals surface area contributed by atoms with Crippen molar-refractivity contribution in [1.82, 2.24) is 10.2 Å². The highest BCUT2D eigenvalue weighted by molar-refractivity contribution is 5.27. The van der Waals surface area contributed by atoms with Gasteiger partial charge in [0.15, 0.2) is 0 Å².